The summed E-state index contributed by atoms with van der Waals surface area (Å²) in [7, 11) is 0. The quantitative estimate of drug-likeness (QED) is 0.822. The predicted octanol–water partition coefficient (Wildman–Crippen LogP) is 1.43. The molecule has 1 saturated heterocycles. The number of carboxylic acids is 1. The van der Waals surface area contributed by atoms with Gasteiger partial charge in [0.15, 0.2) is 0 Å². The highest BCUT2D eigenvalue weighted by molar-refractivity contribution is 7.99. The van der Waals surface area contributed by atoms with Crippen LogP contribution in [0.4, 0.5) is 0 Å². The van der Waals surface area contributed by atoms with E-state index in [4.69, 9.17) is 11.6 Å². The molecule has 1 aromatic rings. The first-order valence-electron chi connectivity index (χ1n) is 5.29. The third-order valence-electron chi connectivity index (χ3n) is 2.77. The maximum atomic E-state index is 12.0. The number of hydrogen-bond donors (Lipinski definition) is 2. The molecule has 1 aliphatic heterocycles. The highest BCUT2D eigenvalue weighted by Gasteiger charge is 2.43. The molecule has 1 aliphatic rings. The van der Waals surface area contributed by atoms with Crippen LogP contribution in [0.2, 0.25) is 5.15 Å². The Labute approximate surface area is 113 Å². The first-order valence-corrected chi connectivity index (χ1v) is 6.82. The van der Waals surface area contributed by atoms with Gasteiger partial charge in [0.05, 0.1) is 0 Å². The minimum absolute atomic E-state index is 0.202. The number of pyridine rings is 1. The Bertz CT molecular complexity index is 489. The van der Waals surface area contributed by atoms with E-state index in [2.05, 4.69) is 10.3 Å². The zero-order chi connectivity index (χ0) is 13.2. The first-order chi connectivity index (χ1) is 8.53. The van der Waals surface area contributed by atoms with Gasteiger partial charge in [-0.15, -0.1) is 0 Å². The highest BCUT2D eigenvalue weighted by Crippen LogP contribution is 2.28. The minimum atomic E-state index is -1.17. The van der Waals surface area contributed by atoms with Gasteiger partial charge < -0.3 is 10.4 Å². The van der Waals surface area contributed by atoms with E-state index in [9.17, 15) is 14.7 Å². The van der Waals surface area contributed by atoms with Crippen LogP contribution in [0.25, 0.3) is 0 Å². The number of nitrogens with zero attached hydrogens (tertiary/aromatic N) is 1. The monoisotopic (exact) mass is 286 g/mol. The molecule has 1 aromatic heterocycles. The molecule has 0 radical (unpaired) electrons. The minimum Gasteiger partial charge on any atom is -0.479 e. The van der Waals surface area contributed by atoms with Gasteiger partial charge in [0.25, 0.3) is 5.91 Å². The summed E-state index contributed by atoms with van der Waals surface area (Å²) >= 11 is 7.21. The van der Waals surface area contributed by atoms with Gasteiger partial charge in [-0.25, -0.2) is 9.78 Å². The molecule has 0 aromatic carbocycles. The van der Waals surface area contributed by atoms with Crippen LogP contribution in [0.15, 0.2) is 18.3 Å². The molecule has 7 heteroatoms. The van der Waals surface area contributed by atoms with Gasteiger partial charge in [0, 0.05) is 17.5 Å². The maximum absolute atomic E-state index is 12.0. The summed E-state index contributed by atoms with van der Waals surface area (Å²) < 4.78 is 0. The Hall–Kier alpha value is -1.27. The van der Waals surface area contributed by atoms with Crippen molar-refractivity contribution in [2.45, 2.75) is 12.0 Å². The van der Waals surface area contributed by atoms with Gasteiger partial charge in [-0.3, -0.25) is 4.79 Å². The van der Waals surface area contributed by atoms with Gasteiger partial charge >= 0.3 is 5.97 Å². The molecule has 1 amide bonds. The summed E-state index contributed by atoms with van der Waals surface area (Å²) in [6.07, 6.45) is 1.84. The van der Waals surface area contributed by atoms with Crippen molar-refractivity contribution in [3.05, 3.63) is 29.0 Å². The zero-order valence-electron chi connectivity index (χ0n) is 9.35. The summed E-state index contributed by atoms with van der Waals surface area (Å²) in [4.78, 5) is 27.1. The molecule has 1 unspecified atom stereocenters. The first kappa shape index (κ1) is 13.2. The highest BCUT2D eigenvalue weighted by atomic mass is 35.5. The van der Waals surface area contributed by atoms with Crippen molar-refractivity contribution >= 4 is 35.2 Å². The second-order valence-corrected chi connectivity index (χ2v) is 5.50. The summed E-state index contributed by atoms with van der Waals surface area (Å²) in [6, 6.07) is 2.91. The van der Waals surface area contributed by atoms with Gasteiger partial charge in [0.1, 0.15) is 10.7 Å². The Kier molecular flexibility index (Phi) is 3.77. The fraction of sp³-hybridized carbons (Fsp3) is 0.364. The smallest absolute Gasteiger partial charge is 0.330 e. The molecule has 5 nitrogen and oxygen atoms in total. The lowest BCUT2D eigenvalue weighted by molar-refractivity contribution is -0.143. The van der Waals surface area contributed by atoms with Crippen molar-refractivity contribution in [1.82, 2.24) is 10.3 Å². The molecule has 0 bridgehead atoms. The number of aliphatic carboxylic acids is 1. The Morgan fingerprint density at radius 2 is 2.33 bits per heavy atom. The Morgan fingerprint density at radius 3 is 2.89 bits per heavy atom. The van der Waals surface area contributed by atoms with Crippen LogP contribution in [0, 0.1) is 0 Å². The Morgan fingerprint density at radius 1 is 1.56 bits per heavy atom. The summed E-state index contributed by atoms with van der Waals surface area (Å²) in [5.41, 5.74) is -0.857. The van der Waals surface area contributed by atoms with E-state index >= 15 is 0 Å². The number of thioether (sulfide) groups is 1. The van der Waals surface area contributed by atoms with Gasteiger partial charge in [-0.05, 0) is 24.3 Å². The van der Waals surface area contributed by atoms with Crippen LogP contribution in [0.1, 0.15) is 16.8 Å². The lowest BCUT2D eigenvalue weighted by atomic mass is 9.98. The van der Waals surface area contributed by atoms with Gasteiger partial charge in [-0.1, -0.05) is 11.6 Å². The van der Waals surface area contributed by atoms with E-state index in [-0.39, 0.29) is 5.15 Å². The van der Waals surface area contributed by atoms with Crippen LogP contribution < -0.4 is 5.32 Å². The molecule has 18 heavy (non-hydrogen) atoms. The number of carbonyl (C=O) groups excluding carboxylic acids is 1. The number of carbonyl (C=O) groups is 2. The van der Waals surface area contributed by atoms with Crippen LogP contribution in [-0.4, -0.2) is 39.0 Å². The molecular formula is C11H11ClN2O3S. The average molecular weight is 287 g/mol. The number of rotatable bonds is 3. The molecule has 1 fully saturated rings. The second kappa shape index (κ2) is 5.16. The van der Waals surface area contributed by atoms with Crippen LogP contribution in [0.5, 0.6) is 0 Å². The standard InChI is InChI=1S/C11H11ClN2O3S/c12-8-5-7(1-3-13-8)9(15)14-11(10(16)17)2-4-18-6-11/h1,3,5H,2,4,6H2,(H,14,15)(H,16,17). The van der Waals surface area contributed by atoms with Crippen LogP contribution in [-0.2, 0) is 4.79 Å². The van der Waals surface area contributed by atoms with Crippen molar-refractivity contribution in [2.24, 2.45) is 0 Å². The fourth-order valence-electron chi connectivity index (χ4n) is 1.72. The second-order valence-electron chi connectivity index (χ2n) is 4.01. The van der Waals surface area contributed by atoms with Crippen LogP contribution in [0.3, 0.4) is 0 Å². The van der Waals surface area contributed by atoms with E-state index < -0.39 is 17.4 Å². The van der Waals surface area contributed by atoms with E-state index in [1.807, 2.05) is 0 Å². The maximum Gasteiger partial charge on any atom is 0.330 e. The van der Waals surface area contributed by atoms with Crippen LogP contribution >= 0.6 is 23.4 Å². The zero-order valence-corrected chi connectivity index (χ0v) is 10.9. The molecule has 0 spiro atoms. The summed E-state index contributed by atoms with van der Waals surface area (Å²) in [5.74, 6) is -0.332. The largest absolute Gasteiger partial charge is 0.479 e. The number of halogens is 1. The van der Waals surface area contributed by atoms with Crippen molar-refractivity contribution in [1.29, 1.82) is 0 Å². The number of hydrogen-bond acceptors (Lipinski definition) is 4. The average Bonchev–Trinajstić information content (AvgIpc) is 2.79. The molecule has 96 valence electrons. The van der Waals surface area contributed by atoms with Crippen molar-refractivity contribution < 1.29 is 14.7 Å². The lowest BCUT2D eigenvalue weighted by Gasteiger charge is -2.24. The van der Waals surface area contributed by atoms with E-state index in [1.165, 1.54) is 30.1 Å². The predicted molar refractivity (Wildman–Crippen MR) is 69.0 cm³/mol. The molecule has 2 N–H and O–H groups in total. The Balaban J connectivity index is 2.18. The fourth-order valence-corrected chi connectivity index (χ4v) is 3.22. The van der Waals surface area contributed by atoms with E-state index in [0.717, 1.165) is 5.75 Å². The van der Waals surface area contributed by atoms with Crippen molar-refractivity contribution in [3.8, 4) is 0 Å². The van der Waals surface area contributed by atoms with E-state index in [1.54, 1.807) is 0 Å². The normalized spacial score (nSPS) is 22.7. The van der Waals surface area contributed by atoms with Gasteiger partial charge in [-0.2, -0.15) is 11.8 Å². The molecule has 2 rings (SSSR count). The summed E-state index contributed by atoms with van der Waals surface area (Å²) in [5, 5.41) is 12.0. The molecule has 0 aliphatic carbocycles. The molecular weight excluding hydrogens is 276 g/mol. The third-order valence-corrected chi connectivity index (χ3v) is 4.17. The number of carboxylic acid groups (broad SMARTS) is 1. The number of nitrogens with one attached hydrogen (secondary N) is 1. The number of aromatic nitrogens is 1. The van der Waals surface area contributed by atoms with Gasteiger partial charge in [0.2, 0.25) is 0 Å². The molecule has 0 saturated carbocycles. The molecule has 1 atom stereocenters. The summed E-state index contributed by atoms with van der Waals surface area (Å²) in [6.45, 7) is 0. The lowest BCUT2D eigenvalue weighted by Crippen LogP contribution is -2.54. The van der Waals surface area contributed by atoms with Crippen molar-refractivity contribution in [3.63, 3.8) is 0 Å². The molecule has 2 heterocycles. The third kappa shape index (κ3) is 2.59. The SMILES string of the molecule is O=C(NC1(C(=O)O)CCSC1)c1ccnc(Cl)c1. The topological polar surface area (TPSA) is 79.3 Å². The van der Waals surface area contributed by atoms with Crippen molar-refractivity contribution in [2.75, 3.05) is 11.5 Å². The van der Waals surface area contributed by atoms with E-state index in [0.29, 0.717) is 17.7 Å². The number of amides is 1.